The van der Waals surface area contributed by atoms with Gasteiger partial charge in [0.15, 0.2) is 0 Å². The molecule has 0 fully saturated rings. The van der Waals surface area contributed by atoms with Gasteiger partial charge in [-0.1, -0.05) is 15.9 Å². The Bertz CT molecular complexity index is 374. The minimum atomic E-state index is -0.351. The van der Waals surface area contributed by atoms with E-state index in [2.05, 4.69) is 21.2 Å². The zero-order chi connectivity index (χ0) is 12.0. The van der Waals surface area contributed by atoms with E-state index in [0.717, 1.165) is 16.8 Å². The fourth-order valence-corrected chi connectivity index (χ4v) is 1.95. The molecule has 1 N–H and O–H groups in total. The second-order valence-corrected chi connectivity index (χ2v) is 5.10. The van der Waals surface area contributed by atoms with Crippen LogP contribution in [0.25, 0.3) is 0 Å². The van der Waals surface area contributed by atoms with Crippen molar-refractivity contribution in [3.8, 4) is 0 Å². The highest BCUT2D eigenvalue weighted by atomic mass is 79.9. The topological polar surface area (TPSA) is 55.2 Å². The van der Waals surface area contributed by atoms with Crippen molar-refractivity contribution in [2.45, 2.75) is 6.54 Å². The molecule has 0 atom stereocenters. The Labute approximate surface area is 107 Å². The van der Waals surface area contributed by atoms with Crippen LogP contribution in [0, 0.1) is 10.1 Å². The predicted octanol–water partition coefficient (Wildman–Crippen LogP) is 2.81. The largest absolute Gasteiger partial charge is 0.312 e. The van der Waals surface area contributed by atoms with Crippen LogP contribution < -0.4 is 5.32 Å². The van der Waals surface area contributed by atoms with Gasteiger partial charge in [-0.25, -0.2) is 0 Å². The van der Waals surface area contributed by atoms with Crippen molar-refractivity contribution in [3.05, 3.63) is 38.3 Å². The minimum absolute atomic E-state index is 0.158. The molecule has 0 amide bonds. The highest BCUT2D eigenvalue weighted by molar-refractivity contribution is 9.10. The fraction of sp³-hybridized carbons (Fsp3) is 0.400. The maximum atomic E-state index is 10.8. The monoisotopic (exact) mass is 304 g/mol. The van der Waals surface area contributed by atoms with Gasteiger partial charge < -0.3 is 5.32 Å². The van der Waals surface area contributed by atoms with Crippen molar-refractivity contribution >= 4 is 33.4 Å². The third-order valence-corrected chi connectivity index (χ3v) is 3.15. The van der Waals surface area contributed by atoms with Crippen molar-refractivity contribution in [3.63, 3.8) is 0 Å². The number of nitro groups is 1. The summed E-state index contributed by atoms with van der Waals surface area (Å²) in [5.74, 6) is 1.00. The van der Waals surface area contributed by atoms with Crippen molar-refractivity contribution < 1.29 is 4.92 Å². The molecule has 0 radical (unpaired) electrons. The molecule has 0 aliphatic rings. The Morgan fingerprint density at radius 2 is 2.31 bits per heavy atom. The lowest BCUT2D eigenvalue weighted by molar-refractivity contribution is -0.385. The van der Waals surface area contributed by atoms with E-state index in [1.54, 1.807) is 17.8 Å². The second kappa shape index (κ2) is 6.88. The predicted molar refractivity (Wildman–Crippen MR) is 70.9 cm³/mol. The average molecular weight is 305 g/mol. The molecular formula is C10H13BrN2O2S. The summed E-state index contributed by atoms with van der Waals surface area (Å²) in [6.45, 7) is 1.39. The lowest BCUT2D eigenvalue weighted by Crippen LogP contribution is -2.17. The van der Waals surface area contributed by atoms with E-state index in [9.17, 15) is 10.1 Å². The van der Waals surface area contributed by atoms with Crippen molar-refractivity contribution in [2.24, 2.45) is 0 Å². The van der Waals surface area contributed by atoms with Gasteiger partial charge in [-0.05, 0) is 18.4 Å². The Morgan fingerprint density at radius 3 is 2.94 bits per heavy atom. The van der Waals surface area contributed by atoms with Gasteiger partial charge in [0.25, 0.3) is 5.69 Å². The Morgan fingerprint density at radius 1 is 1.56 bits per heavy atom. The molecule has 0 unspecified atom stereocenters. The molecular weight excluding hydrogens is 292 g/mol. The lowest BCUT2D eigenvalue weighted by Gasteiger charge is -2.05. The molecule has 4 nitrogen and oxygen atoms in total. The van der Waals surface area contributed by atoms with Crippen molar-refractivity contribution in [1.82, 2.24) is 5.32 Å². The maximum absolute atomic E-state index is 10.8. The number of nitro benzene ring substituents is 1. The van der Waals surface area contributed by atoms with Crippen LogP contribution in [0.1, 0.15) is 5.56 Å². The Balaban J connectivity index is 2.67. The molecule has 16 heavy (non-hydrogen) atoms. The van der Waals surface area contributed by atoms with E-state index in [-0.39, 0.29) is 10.6 Å². The maximum Gasteiger partial charge on any atom is 0.275 e. The van der Waals surface area contributed by atoms with Crippen LogP contribution in [0.15, 0.2) is 22.7 Å². The van der Waals surface area contributed by atoms with E-state index >= 15 is 0 Å². The second-order valence-electron chi connectivity index (χ2n) is 3.20. The third kappa shape index (κ3) is 4.11. The molecule has 0 saturated carbocycles. The summed E-state index contributed by atoms with van der Waals surface area (Å²) in [6.07, 6.45) is 2.03. The number of hydrogen-bond acceptors (Lipinski definition) is 4. The van der Waals surface area contributed by atoms with Crippen LogP contribution in [0.4, 0.5) is 5.69 Å². The summed E-state index contributed by atoms with van der Waals surface area (Å²) in [5, 5.41) is 14.0. The number of nitrogens with one attached hydrogen (secondary N) is 1. The van der Waals surface area contributed by atoms with E-state index < -0.39 is 0 Å². The summed E-state index contributed by atoms with van der Waals surface area (Å²) in [6, 6.07) is 5.12. The first-order chi connectivity index (χ1) is 7.65. The van der Waals surface area contributed by atoms with Crippen LogP contribution in [-0.2, 0) is 6.54 Å². The lowest BCUT2D eigenvalue weighted by atomic mass is 10.2. The number of nitrogens with zero attached hydrogens (tertiary/aromatic N) is 1. The molecule has 1 aromatic rings. The van der Waals surface area contributed by atoms with Crippen LogP contribution in [-0.4, -0.2) is 23.5 Å². The van der Waals surface area contributed by atoms with Crippen LogP contribution in [0.2, 0.25) is 0 Å². The third-order valence-electron chi connectivity index (χ3n) is 2.04. The van der Waals surface area contributed by atoms with E-state index in [1.165, 1.54) is 6.07 Å². The number of benzene rings is 1. The zero-order valence-corrected chi connectivity index (χ0v) is 11.3. The van der Waals surface area contributed by atoms with Gasteiger partial charge in [0.05, 0.1) is 4.92 Å². The summed E-state index contributed by atoms with van der Waals surface area (Å²) in [5.41, 5.74) is 0.875. The van der Waals surface area contributed by atoms with Gasteiger partial charge in [-0.3, -0.25) is 10.1 Å². The zero-order valence-electron chi connectivity index (χ0n) is 8.90. The van der Waals surface area contributed by atoms with Gasteiger partial charge >= 0.3 is 0 Å². The first kappa shape index (κ1) is 13.5. The fourth-order valence-electron chi connectivity index (χ4n) is 1.25. The highest BCUT2D eigenvalue weighted by Crippen LogP contribution is 2.23. The van der Waals surface area contributed by atoms with Gasteiger partial charge in [0.1, 0.15) is 0 Å². The molecule has 0 heterocycles. The Hall–Kier alpha value is -0.590. The van der Waals surface area contributed by atoms with E-state index in [4.69, 9.17) is 0 Å². The minimum Gasteiger partial charge on any atom is -0.312 e. The summed E-state index contributed by atoms with van der Waals surface area (Å²) >= 11 is 4.98. The average Bonchev–Trinajstić information content (AvgIpc) is 2.26. The number of hydrogen-bond donors (Lipinski definition) is 1. The van der Waals surface area contributed by atoms with E-state index in [1.807, 2.05) is 12.3 Å². The van der Waals surface area contributed by atoms with Crippen LogP contribution in [0.3, 0.4) is 0 Å². The standard InChI is InChI=1S/C10H13BrN2O2S/c1-16-5-4-12-7-8-2-3-9(11)6-10(8)13(14)15/h2-3,6,12H,4-5,7H2,1H3. The van der Waals surface area contributed by atoms with Gasteiger partial charge in [0, 0.05) is 34.9 Å². The first-order valence-corrected chi connectivity index (χ1v) is 6.96. The van der Waals surface area contributed by atoms with Crippen molar-refractivity contribution in [2.75, 3.05) is 18.6 Å². The van der Waals surface area contributed by atoms with E-state index in [0.29, 0.717) is 12.1 Å². The molecule has 0 aliphatic heterocycles. The van der Waals surface area contributed by atoms with Crippen LogP contribution in [0.5, 0.6) is 0 Å². The molecule has 0 aliphatic carbocycles. The molecule has 1 rings (SSSR count). The number of thioether (sulfide) groups is 1. The molecule has 0 saturated heterocycles. The summed E-state index contributed by atoms with van der Waals surface area (Å²) < 4.78 is 0.729. The van der Waals surface area contributed by atoms with Gasteiger partial charge in [-0.15, -0.1) is 0 Å². The molecule has 88 valence electrons. The number of halogens is 1. The normalized spacial score (nSPS) is 10.4. The van der Waals surface area contributed by atoms with Gasteiger partial charge in [0.2, 0.25) is 0 Å². The number of rotatable bonds is 6. The highest BCUT2D eigenvalue weighted by Gasteiger charge is 2.13. The van der Waals surface area contributed by atoms with Crippen molar-refractivity contribution in [1.29, 1.82) is 0 Å². The molecule has 0 aromatic heterocycles. The molecule has 0 bridgehead atoms. The molecule has 1 aromatic carbocycles. The molecule has 0 spiro atoms. The van der Waals surface area contributed by atoms with Gasteiger partial charge in [-0.2, -0.15) is 11.8 Å². The summed E-state index contributed by atoms with van der Waals surface area (Å²) in [4.78, 5) is 10.5. The SMILES string of the molecule is CSCCNCc1ccc(Br)cc1[N+](=O)[O-]. The quantitative estimate of drug-likeness (QED) is 0.499. The smallest absolute Gasteiger partial charge is 0.275 e. The summed E-state index contributed by atoms with van der Waals surface area (Å²) in [7, 11) is 0. The first-order valence-electron chi connectivity index (χ1n) is 4.77. The van der Waals surface area contributed by atoms with Crippen LogP contribution >= 0.6 is 27.7 Å². The Kier molecular flexibility index (Phi) is 5.79. The molecule has 6 heteroatoms.